The summed E-state index contributed by atoms with van der Waals surface area (Å²) in [4.78, 5) is 39.1. The van der Waals surface area contributed by atoms with Gasteiger partial charge in [-0.15, -0.1) is 11.8 Å². The summed E-state index contributed by atoms with van der Waals surface area (Å²) in [5, 5.41) is 8.77. The van der Waals surface area contributed by atoms with Crippen LogP contribution in [-0.2, 0) is 14.3 Å². The number of Topliss-reactive ketones (excluding diaryl/α,β-unsaturated/α-hetero) is 1. The van der Waals surface area contributed by atoms with Crippen LogP contribution in [0.25, 0.3) is 0 Å². The van der Waals surface area contributed by atoms with Crippen molar-refractivity contribution in [3.05, 3.63) is 45.4 Å². The quantitative estimate of drug-likeness (QED) is 0.638. The zero-order valence-electron chi connectivity index (χ0n) is 14.8. The third kappa shape index (κ3) is 4.28. The Bertz CT molecular complexity index is 786. The first-order valence-electron chi connectivity index (χ1n) is 8.62. The minimum absolute atomic E-state index is 0.0724. The highest BCUT2D eigenvalue weighted by Crippen LogP contribution is 2.37. The van der Waals surface area contributed by atoms with Crippen molar-refractivity contribution in [1.82, 2.24) is 4.90 Å². The van der Waals surface area contributed by atoms with Gasteiger partial charge in [-0.3, -0.25) is 14.4 Å². The molecule has 0 aromatic heterocycles. The van der Waals surface area contributed by atoms with Gasteiger partial charge >= 0.3 is 5.97 Å². The molecule has 1 aromatic carbocycles. The molecule has 1 aromatic rings. The number of hydrogen-bond donors (Lipinski definition) is 1. The van der Waals surface area contributed by atoms with Gasteiger partial charge in [0.1, 0.15) is 5.37 Å². The van der Waals surface area contributed by atoms with Crippen LogP contribution in [0.1, 0.15) is 29.6 Å². The Hall–Kier alpha value is -1.64. The number of amides is 1. The normalized spacial score (nSPS) is 22.6. The van der Waals surface area contributed by atoms with Crippen molar-refractivity contribution < 1.29 is 24.2 Å². The largest absolute Gasteiger partial charge is 0.481 e. The number of ether oxygens (including phenoxy) is 1. The van der Waals surface area contributed by atoms with Crippen LogP contribution in [0.2, 0.25) is 0 Å². The molecular weight excluding hydrogens is 434 g/mol. The molecular formula is C19H20BrNO5S. The minimum atomic E-state index is -1.13. The summed E-state index contributed by atoms with van der Waals surface area (Å²) in [6.45, 7) is 1.03. The van der Waals surface area contributed by atoms with Crippen LogP contribution in [-0.4, -0.2) is 58.6 Å². The second-order valence-electron chi connectivity index (χ2n) is 6.48. The van der Waals surface area contributed by atoms with Crippen LogP contribution >= 0.6 is 27.7 Å². The molecule has 2 aliphatic heterocycles. The predicted molar refractivity (Wildman–Crippen MR) is 106 cm³/mol. The fourth-order valence-electron chi connectivity index (χ4n) is 3.46. The van der Waals surface area contributed by atoms with Gasteiger partial charge in [-0.05, 0) is 43.4 Å². The average molecular weight is 454 g/mol. The highest BCUT2D eigenvalue weighted by atomic mass is 79.9. The fourth-order valence-corrected chi connectivity index (χ4v) is 4.65. The molecule has 2 atom stereocenters. The van der Waals surface area contributed by atoms with Gasteiger partial charge in [-0.1, -0.05) is 15.9 Å². The van der Waals surface area contributed by atoms with Gasteiger partial charge in [0, 0.05) is 34.3 Å². The van der Waals surface area contributed by atoms with Crippen LogP contribution in [0.15, 0.2) is 39.9 Å². The number of carboxylic acid groups (broad SMARTS) is 1. The predicted octanol–water partition coefficient (Wildman–Crippen LogP) is 3.11. The van der Waals surface area contributed by atoms with E-state index in [-0.39, 0.29) is 28.9 Å². The van der Waals surface area contributed by atoms with Crippen molar-refractivity contribution in [3.8, 4) is 0 Å². The standard InChI is InChI=1S/C19H20BrNO5S/c1-27-19-16(17(24)11-4-6-12(20)7-5-11)14(9-15(22)23)18(25)21(19)10-13-3-2-8-26-13/h4-7,13,19H,2-3,8-10H2,1H3,(H,22,23). The zero-order valence-corrected chi connectivity index (χ0v) is 17.2. The molecule has 144 valence electrons. The first-order valence-corrected chi connectivity index (χ1v) is 10.7. The third-order valence-corrected chi connectivity index (χ3v) is 6.17. The lowest BCUT2D eigenvalue weighted by Crippen LogP contribution is -2.40. The van der Waals surface area contributed by atoms with E-state index in [4.69, 9.17) is 4.74 Å². The van der Waals surface area contributed by atoms with Gasteiger partial charge in [0.25, 0.3) is 5.91 Å². The molecule has 3 rings (SSSR count). The van der Waals surface area contributed by atoms with Gasteiger partial charge in [0.15, 0.2) is 5.78 Å². The number of aliphatic carboxylic acids is 1. The number of nitrogens with zero attached hydrogens (tertiary/aromatic N) is 1. The molecule has 2 aliphatic rings. The molecule has 8 heteroatoms. The van der Waals surface area contributed by atoms with Gasteiger partial charge in [0.2, 0.25) is 0 Å². The molecule has 0 aliphatic carbocycles. The molecule has 27 heavy (non-hydrogen) atoms. The van der Waals surface area contributed by atoms with Gasteiger partial charge in [0.05, 0.1) is 12.5 Å². The van der Waals surface area contributed by atoms with Crippen molar-refractivity contribution in [3.63, 3.8) is 0 Å². The molecule has 1 N–H and O–H groups in total. The summed E-state index contributed by atoms with van der Waals surface area (Å²) in [6, 6.07) is 6.84. The number of ketones is 1. The molecule has 1 amide bonds. The first kappa shape index (κ1) is 20.1. The molecule has 1 fully saturated rings. The van der Waals surface area contributed by atoms with Gasteiger partial charge in [-0.2, -0.15) is 0 Å². The Labute approximate surface area is 170 Å². The Morgan fingerprint density at radius 1 is 1.33 bits per heavy atom. The minimum Gasteiger partial charge on any atom is -0.481 e. The molecule has 6 nitrogen and oxygen atoms in total. The van der Waals surface area contributed by atoms with Crippen molar-refractivity contribution in [2.45, 2.75) is 30.7 Å². The summed E-state index contributed by atoms with van der Waals surface area (Å²) < 4.78 is 6.47. The Balaban J connectivity index is 1.97. The van der Waals surface area contributed by atoms with Gasteiger partial charge < -0.3 is 14.7 Å². The number of benzene rings is 1. The van der Waals surface area contributed by atoms with Crippen molar-refractivity contribution in [1.29, 1.82) is 0 Å². The molecule has 0 radical (unpaired) electrons. The number of carboxylic acids is 1. The maximum atomic E-state index is 13.2. The fraction of sp³-hybridized carbons (Fsp3) is 0.421. The summed E-state index contributed by atoms with van der Waals surface area (Å²) in [7, 11) is 0. The van der Waals surface area contributed by atoms with Crippen LogP contribution in [0.5, 0.6) is 0 Å². The highest BCUT2D eigenvalue weighted by Gasteiger charge is 2.43. The number of carbonyl (C=O) groups excluding carboxylic acids is 2. The monoisotopic (exact) mass is 453 g/mol. The van der Waals surface area contributed by atoms with E-state index in [1.165, 1.54) is 11.8 Å². The van der Waals surface area contributed by atoms with Crippen LogP contribution in [0.3, 0.4) is 0 Å². The number of rotatable bonds is 7. The van der Waals surface area contributed by atoms with Crippen molar-refractivity contribution in [2.24, 2.45) is 0 Å². The molecule has 0 saturated carbocycles. The zero-order chi connectivity index (χ0) is 19.6. The van der Waals surface area contributed by atoms with E-state index in [1.54, 1.807) is 29.2 Å². The van der Waals surface area contributed by atoms with E-state index >= 15 is 0 Å². The number of carbonyl (C=O) groups is 3. The maximum absolute atomic E-state index is 13.2. The number of halogens is 1. The SMILES string of the molecule is CSC1C(C(=O)c2ccc(Br)cc2)=C(CC(=O)O)C(=O)N1CC1CCCO1. The molecule has 2 heterocycles. The summed E-state index contributed by atoms with van der Waals surface area (Å²) in [5.41, 5.74) is 0.782. The van der Waals surface area contributed by atoms with Crippen molar-refractivity contribution >= 4 is 45.4 Å². The Morgan fingerprint density at radius 3 is 2.59 bits per heavy atom. The lowest BCUT2D eigenvalue weighted by atomic mass is 9.98. The molecule has 1 saturated heterocycles. The average Bonchev–Trinajstić information content (AvgIpc) is 3.23. The van der Waals surface area contributed by atoms with E-state index in [9.17, 15) is 19.5 Å². The first-order chi connectivity index (χ1) is 12.9. The molecule has 2 unspecified atom stereocenters. The Morgan fingerprint density at radius 2 is 2.04 bits per heavy atom. The van der Waals surface area contributed by atoms with Crippen LogP contribution < -0.4 is 0 Å². The summed E-state index contributed by atoms with van der Waals surface area (Å²) in [5.74, 6) is -1.81. The molecule has 0 spiro atoms. The number of thioether (sulfide) groups is 1. The number of hydrogen-bond acceptors (Lipinski definition) is 5. The highest BCUT2D eigenvalue weighted by molar-refractivity contribution is 9.10. The second-order valence-corrected chi connectivity index (χ2v) is 8.31. The molecule has 0 bridgehead atoms. The lowest BCUT2D eigenvalue weighted by Gasteiger charge is -2.27. The Kier molecular flexibility index (Phi) is 6.39. The topological polar surface area (TPSA) is 83.9 Å². The van der Waals surface area contributed by atoms with E-state index in [2.05, 4.69) is 15.9 Å². The second kappa shape index (κ2) is 8.58. The maximum Gasteiger partial charge on any atom is 0.308 e. The van der Waals surface area contributed by atoms with E-state index in [1.807, 2.05) is 6.26 Å². The van der Waals surface area contributed by atoms with Crippen LogP contribution in [0.4, 0.5) is 0 Å². The van der Waals surface area contributed by atoms with Crippen molar-refractivity contribution in [2.75, 3.05) is 19.4 Å². The lowest BCUT2D eigenvalue weighted by molar-refractivity contribution is -0.137. The van der Waals surface area contributed by atoms with Crippen LogP contribution in [0, 0.1) is 0 Å². The van der Waals surface area contributed by atoms with E-state index in [0.717, 1.165) is 17.3 Å². The third-order valence-electron chi connectivity index (χ3n) is 4.70. The smallest absolute Gasteiger partial charge is 0.308 e. The van der Waals surface area contributed by atoms with E-state index < -0.39 is 17.8 Å². The van der Waals surface area contributed by atoms with E-state index in [0.29, 0.717) is 18.7 Å². The summed E-state index contributed by atoms with van der Waals surface area (Å²) in [6.07, 6.45) is 3.08. The summed E-state index contributed by atoms with van der Waals surface area (Å²) >= 11 is 4.70. The van der Waals surface area contributed by atoms with Gasteiger partial charge in [-0.25, -0.2) is 0 Å².